The van der Waals surface area contributed by atoms with Crippen LogP contribution >= 0.6 is 23.1 Å². The van der Waals surface area contributed by atoms with Crippen molar-refractivity contribution in [2.75, 3.05) is 12.3 Å². The lowest BCUT2D eigenvalue weighted by Gasteiger charge is -2.30. The first-order valence-electron chi connectivity index (χ1n) is 8.49. The summed E-state index contributed by atoms with van der Waals surface area (Å²) in [5.74, 6) is -0.828. The van der Waals surface area contributed by atoms with Crippen LogP contribution < -0.4 is 5.73 Å². The van der Waals surface area contributed by atoms with Crippen molar-refractivity contribution in [3.05, 3.63) is 46.2 Å². The maximum absolute atomic E-state index is 14.3. The van der Waals surface area contributed by atoms with E-state index in [1.165, 1.54) is 34.5 Å². The summed E-state index contributed by atoms with van der Waals surface area (Å²) in [6, 6.07) is 4.13. The summed E-state index contributed by atoms with van der Waals surface area (Å²) < 4.78 is 14.9. The number of benzene rings is 1. The fraction of sp³-hybridized carbons (Fsp3) is 0.389. The number of thioether (sulfide) groups is 1. The second-order valence-corrected chi connectivity index (χ2v) is 8.60. The highest BCUT2D eigenvalue weighted by Gasteiger charge is 2.36. The van der Waals surface area contributed by atoms with Gasteiger partial charge in [-0.25, -0.2) is 14.2 Å². The molecule has 0 saturated carbocycles. The molecular weight excluding hydrogens is 389 g/mol. The van der Waals surface area contributed by atoms with Crippen molar-refractivity contribution in [2.24, 2.45) is 5.73 Å². The van der Waals surface area contributed by atoms with Crippen molar-refractivity contribution in [2.45, 2.75) is 36.2 Å². The van der Waals surface area contributed by atoms with Crippen molar-refractivity contribution in [1.29, 1.82) is 0 Å². The van der Waals surface area contributed by atoms with Gasteiger partial charge >= 0.3 is 5.97 Å². The molecule has 1 aliphatic heterocycles. The largest absolute Gasteiger partial charge is 0.476 e. The Hall–Kier alpha value is -1.97. The average Bonchev–Trinajstić information content (AvgIpc) is 3.22. The minimum Gasteiger partial charge on any atom is -0.476 e. The maximum atomic E-state index is 14.3. The Balaban J connectivity index is 1.64. The van der Waals surface area contributed by atoms with Crippen molar-refractivity contribution in [1.82, 2.24) is 9.88 Å². The first-order valence-corrected chi connectivity index (χ1v) is 10.4. The van der Waals surface area contributed by atoms with Crippen LogP contribution in [0, 0.1) is 12.7 Å². The summed E-state index contributed by atoms with van der Waals surface area (Å²) in [5.41, 5.74) is 7.57. The standard InChI is InChI=1S/C18H20FN3O3S2/c1-10-2-3-11(12(19)8-10)16(20)14-4-5-15(23)22(14)6-7-26-18-21-13(9-27-18)17(24)25/h2-3,8-9,14,16H,4-7,20H2,1H3,(H,24,25)/t14-,16?/m1/s1. The van der Waals surface area contributed by atoms with Gasteiger partial charge in [0.2, 0.25) is 5.91 Å². The molecule has 27 heavy (non-hydrogen) atoms. The molecular formula is C18H20FN3O3S2. The SMILES string of the molecule is Cc1ccc(C(N)[C@H]2CCC(=O)N2CCSc2nc(C(=O)O)cs2)c(F)c1. The van der Waals surface area contributed by atoms with Crippen LogP contribution in [0.25, 0.3) is 0 Å². The molecule has 3 rings (SSSR count). The average molecular weight is 410 g/mol. The Labute approximate surface area is 164 Å². The number of thiazole rings is 1. The van der Waals surface area contributed by atoms with E-state index in [2.05, 4.69) is 4.98 Å². The smallest absolute Gasteiger partial charge is 0.355 e. The zero-order valence-corrected chi connectivity index (χ0v) is 16.4. The van der Waals surface area contributed by atoms with Crippen LogP contribution in [-0.4, -0.2) is 45.2 Å². The monoisotopic (exact) mass is 409 g/mol. The van der Waals surface area contributed by atoms with Gasteiger partial charge in [0.25, 0.3) is 0 Å². The fourth-order valence-corrected chi connectivity index (χ4v) is 4.99. The van der Waals surface area contributed by atoms with Gasteiger partial charge in [-0.15, -0.1) is 11.3 Å². The van der Waals surface area contributed by atoms with E-state index in [1.54, 1.807) is 11.0 Å². The Morgan fingerprint density at radius 2 is 2.33 bits per heavy atom. The number of carboxylic acids is 1. The fourth-order valence-electron chi connectivity index (χ4n) is 3.18. The third kappa shape index (κ3) is 4.48. The van der Waals surface area contributed by atoms with E-state index in [9.17, 15) is 14.0 Å². The van der Waals surface area contributed by atoms with Gasteiger partial charge in [0, 0.05) is 29.7 Å². The Kier molecular flexibility index (Phi) is 6.13. The van der Waals surface area contributed by atoms with Crippen LogP contribution in [0.1, 0.15) is 40.5 Å². The molecule has 3 N–H and O–H groups in total. The van der Waals surface area contributed by atoms with Crippen molar-refractivity contribution < 1.29 is 19.1 Å². The molecule has 2 heterocycles. The first-order chi connectivity index (χ1) is 12.9. The number of hydrogen-bond acceptors (Lipinski definition) is 6. The Morgan fingerprint density at radius 1 is 1.56 bits per heavy atom. The van der Waals surface area contributed by atoms with Crippen molar-refractivity contribution >= 4 is 35.0 Å². The molecule has 6 nitrogen and oxygen atoms in total. The molecule has 0 radical (unpaired) electrons. The number of aromatic nitrogens is 1. The van der Waals surface area contributed by atoms with Crippen molar-refractivity contribution in [3.63, 3.8) is 0 Å². The number of carboxylic acid groups (broad SMARTS) is 1. The minimum absolute atomic E-state index is 0.00827. The lowest BCUT2D eigenvalue weighted by Crippen LogP contribution is -2.41. The highest BCUT2D eigenvalue weighted by Crippen LogP contribution is 2.31. The van der Waals surface area contributed by atoms with E-state index >= 15 is 0 Å². The van der Waals surface area contributed by atoms with E-state index < -0.39 is 12.0 Å². The topological polar surface area (TPSA) is 96.5 Å². The second kappa shape index (κ2) is 8.37. The molecule has 0 aliphatic carbocycles. The Morgan fingerprint density at radius 3 is 3.00 bits per heavy atom. The van der Waals surface area contributed by atoms with Gasteiger partial charge in [0.1, 0.15) is 5.82 Å². The summed E-state index contributed by atoms with van der Waals surface area (Å²) in [4.78, 5) is 28.9. The highest BCUT2D eigenvalue weighted by atomic mass is 32.2. The number of halogens is 1. The maximum Gasteiger partial charge on any atom is 0.355 e. The molecule has 1 unspecified atom stereocenters. The number of likely N-dealkylation sites (tertiary alicyclic amines) is 1. The van der Waals surface area contributed by atoms with Crippen LogP contribution in [-0.2, 0) is 4.79 Å². The lowest BCUT2D eigenvalue weighted by atomic mass is 9.97. The summed E-state index contributed by atoms with van der Waals surface area (Å²) in [6.45, 7) is 2.27. The van der Waals surface area contributed by atoms with Gasteiger partial charge in [-0.1, -0.05) is 23.9 Å². The molecule has 1 saturated heterocycles. The lowest BCUT2D eigenvalue weighted by molar-refractivity contribution is -0.128. The number of amides is 1. The van der Waals surface area contributed by atoms with E-state index in [4.69, 9.17) is 10.8 Å². The van der Waals surface area contributed by atoms with Gasteiger partial charge in [0.15, 0.2) is 10.0 Å². The number of hydrogen-bond donors (Lipinski definition) is 2. The molecule has 1 amide bonds. The number of carbonyl (C=O) groups excluding carboxylic acids is 1. The molecule has 144 valence electrons. The second-order valence-electron chi connectivity index (χ2n) is 6.40. The van der Waals surface area contributed by atoms with E-state index in [1.807, 2.05) is 13.0 Å². The zero-order valence-electron chi connectivity index (χ0n) is 14.7. The zero-order chi connectivity index (χ0) is 19.6. The number of rotatable bonds is 7. The molecule has 0 spiro atoms. The van der Waals surface area contributed by atoms with Gasteiger partial charge in [0.05, 0.1) is 12.1 Å². The quantitative estimate of drug-likeness (QED) is 0.682. The number of nitrogens with zero attached hydrogens (tertiary/aromatic N) is 2. The van der Waals surface area contributed by atoms with Gasteiger partial charge in [-0.3, -0.25) is 4.79 Å². The third-order valence-corrected chi connectivity index (χ3v) is 6.57. The molecule has 1 aromatic carbocycles. The molecule has 1 aliphatic rings. The van der Waals surface area contributed by atoms with E-state index in [0.717, 1.165) is 5.56 Å². The van der Waals surface area contributed by atoms with Crippen LogP contribution in [0.3, 0.4) is 0 Å². The van der Waals surface area contributed by atoms with Gasteiger partial charge in [-0.2, -0.15) is 0 Å². The summed E-state index contributed by atoms with van der Waals surface area (Å²) in [5, 5.41) is 10.4. The molecule has 1 aromatic heterocycles. The molecule has 0 bridgehead atoms. The van der Waals surface area contributed by atoms with Gasteiger partial charge < -0.3 is 15.7 Å². The minimum atomic E-state index is -1.06. The third-order valence-electron chi connectivity index (χ3n) is 4.56. The van der Waals surface area contributed by atoms with Crippen LogP contribution in [0.5, 0.6) is 0 Å². The van der Waals surface area contributed by atoms with Crippen LogP contribution in [0.15, 0.2) is 27.9 Å². The predicted octanol–water partition coefficient (Wildman–Crippen LogP) is 3.07. The highest BCUT2D eigenvalue weighted by molar-refractivity contribution is 8.01. The molecule has 2 aromatic rings. The number of carbonyl (C=O) groups is 2. The molecule has 9 heteroatoms. The number of nitrogens with two attached hydrogens (primary N) is 1. The van der Waals surface area contributed by atoms with Crippen molar-refractivity contribution in [3.8, 4) is 0 Å². The molecule has 1 fully saturated rings. The normalized spacial score (nSPS) is 18.1. The van der Waals surface area contributed by atoms with E-state index in [0.29, 0.717) is 35.0 Å². The summed E-state index contributed by atoms with van der Waals surface area (Å²) in [7, 11) is 0. The first kappa shape index (κ1) is 19.8. The van der Waals surface area contributed by atoms with Crippen LogP contribution in [0.2, 0.25) is 0 Å². The van der Waals surface area contributed by atoms with Gasteiger partial charge in [-0.05, 0) is 25.0 Å². The summed E-state index contributed by atoms with van der Waals surface area (Å²) >= 11 is 2.66. The van der Waals surface area contributed by atoms with Crippen LogP contribution in [0.4, 0.5) is 4.39 Å². The summed E-state index contributed by atoms with van der Waals surface area (Å²) in [6.07, 6.45) is 0.995. The molecule has 2 atom stereocenters. The van der Waals surface area contributed by atoms with E-state index in [-0.39, 0.29) is 23.5 Å². The Bertz CT molecular complexity index is 858. The number of aryl methyl sites for hydroxylation is 1. The predicted molar refractivity (Wildman–Crippen MR) is 103 cm³/mol. The number of aromatic carboxylic acids is 1.